The Bertz CT molecular complexity index is 775. The van der Waals surface area contributed by atoms with E-state index >= 15 is 0 Å². The molecule has 9 heteroatoms. The Hall–Kier alpha value is -2.97. The molecule has 0 aliphatic carbocycles. The minimum absolute atomic E-state index is 0.0432. The number of methoxy groups -OCH3 is 1. The van der Waals surface area contributed by atoms with E-state index < -0.39 is 6.61 Å². The summed E-state index contributed by atoms with van der Waals surface area (Å²) in [7, 11) is 1.34. The van der Waals surface area contributed by atoms with Crippen molar-refractivity contribution in [2.24, 2.45) is 5.10 Å². The predicted octanol–water partition coefficient (Wildman–Crippen LogP) is 2.26. The average Bonchev–Trinajstić information content (AvgIpc) is 2.85. The Labute approximate surface area is 143 Å². The fourth-order valence-corrected chi connectivity index (χ4v) is 2.14. The number of hydrazone groups is 1. The summed E-state index contributed by atoms with van der Waals surface area (Å²) < 4.78 is 35.4. The molecule has 2 rings (SSSR count). The standard InChI is InChI=1S/C16H18F2N4O3/c1-10-6-11(2)22(21-10)9-15(23)20-19-8-12-4-5-13(25-16(17)18)14(7-12)24-3/h4-8,16H,9H2,1-3H3,(H,20,23)/b19-8+. The molecule has 2 aromatic rings. The van der Waals surface area contributed by atoms with Crippen LogP contribution in [-0.2, 0) is 11.3 Å². The van der Waals surface area contributed by atoms with E-state index in [1.54, 1.807) is 4.68 Å². The molecule has 1 amide bonds. The van der Waals surface area contributed by atoms with Gasteiger partial charge in [-0.2, -0.15) is 19.0 Å². The number of nitrogens with one attached hydrogen (secondary N) is 1. The number of carbonyl (C=O) groups is 1. The van der Waals surface area contributed by atoms with Crippen LogP contribution in [0.2, 0.25) is 0 Å². The summed E-state index contributed by atoms with van der Waals surface area (Å²) in [6.07, 6.45) is 1.37. The third-order valence-electron chi connectivity index (χ3n) is 3.20. The number of aryl methyl sites for hydroxylation is 2. The number of nitrogens with zero attached hydrogens (tertiary/aromatic N) is 3. The van der Waals surface area contributed by atoms with Crippen molar-refractivity contribution in [1.29, 1.82) is 0 Å². The first-order valence-corrected chi connectivity index (χ1v) is 7.35. The summed E-state index contributed by atoms with van der Waals surface area (Å²) in [6, 6.07) is 6.18. The summed E-state index contributed by atoms with van der Waals surface area (Å²) in [6.45, 7) is 0.795. The first kappa shape index (κ1) is 18.4. The second kappa shape index (κ2) is 8.22. The van der Waals surface area contributed by atoms with Gasteiger partial charge in [0.25, 0.3) is 5.91 Å². The van der Waals surface area contributed by atoms with Gasteiger partial charge in [-0.3, -0.25) is 9.48 Å². The van der Waals surface area contributed by atoms with Gasteiger partial charge in [0, 0.05) is 5.69 Å². The molecule has 0 aliphatic heterocycles. The Kier molecular flexibility index (Phi) is 6.04. The van der Waals surface area contributed by atoms with Crippen molar-refractivity contribution in [3.63, 3.8) is 0 Å². The molecule has 0 unspecified atom stereocenters. The third-order valence-corrected chi connectivity index (χ3v) is 3.20. The molecule has 0 spiro atoms. The molecule has 1 aromatic carbocycles. The van der Waals surface area contributed by atoms with Crippen molar-refractivity contribution < 1.29 is 23.0 Å². The maximum Gasteiger partial charge on any atom is 0.387 e. The van der Waals surface area contributed by atoms with E-state index in [4.69, 9.17) is 4.74 Å². The minimum atomic E-state index is -2.94. The van der Waals surface area contributed by atoms with Crippen LogP contribution in [0.25, 0.3) is 0 Å². The number of carbonyl (C=O) groups excluding carboxylic acids is 1. The van der Waals surface area contributed by atoms with Gasteiger partial charge in [-0.05, 0) is 43.7 Å². The number of ether oxygens (including phenoxy) is 2. The van der Waals surface area contributed by atoms with Crippen LogP contribution in [-0.4, -0.2) is 35.6 Å². The van der Waals surface area contributed by atoms with Gasteiger partial charge >= 0.3 is 6.61 Å². The second-order valence-electron chi connectivity index (χ2n) is 5.17. The van der Waals surface area contributed by atoms with Crippen molar-refractivity contribution in [2.75, 3.05) is 7.11 Å². The second-order valence-corrected chi connectivity index (χ2v) is 5.17. The maximum absolute atomic E-state index is 12.3. The van der Waals surface area contributed by atoms with E-state index in [-0.39, 0.29) is 24.0 Å². The zero-order valence-corrected chi connectivity index (χ0v) is 14.0. The molecular weight excluding hydrogens is 334 g/mol. The van der Waals surface area contributed by atoms with Crippen molar-refractivity contribution in [1.82, 2.24) is 15.2 Å². The zero-order chi connectivity index (χ0) is 18.4. The molecule has 1 heterocycles. The molecular formula is C16H18F2N4O3. The van der Waals surface area contributed by atoms with Crippen molar-refractivity contribution >= 4 is 12.1 Å². The smallest absolute Gasteiger partial charge is 0.387 e. The van der Waals surface area contributed by atoms with Crippen LogP contribution < -0.4 is 14.9 Å². The molecule has 0 saturated carbocycles. The highest BCUT2D eigenvalue weighted by Gasteiger charge is 2.10. The lowest BCUT2D eigenvalue weighted by molar-refractivity contribution is -0.121. The summed E-state index contributed by atoms with van der Waals surface area (Å²) in [4.78, 5) is 11.8. The van der Waals surface area contributed by atoms with Gasteiger partial charge in [-0.1, -0.05) is 0 Å². The summed E-state index contributed by atoms with van der Waals surface area (Å²) in [5, 5.41) is 8.01. The van der Waals surface area contributed by atoms with Gasteiger partial charge in [0.2, 0.25) is 0 Å². The molecule has 0 aliphatic rings. The zero-order valence-electron chi connectivity index (χ0n) is 14.0. The monoisotopic (exact) mass is 352 g/mol. The number of alkyl halides is 2. The lowest BCUT2D eigenvalue weighted by Gasteiger charge is -2.10. The van der Waals surface area contributed by atoms with E-state index in [0.29, 0.717) is 5.56 Å². The van der Waals surface area contributed by atoms with Crippen molar-refractivity contribution in [3.05, 3.63) is 41.2 Å². The molecule has 0 radical (unpaired) electrons. The van der Waals surface area contributed by atoms with Crippen LogP contribution in [0.1, 0.15) is 17.0 Å². The highest BCUT2D eigenvalue weighted by Crippen LogP contribution is 2.28. The number of halogens is 2. The van der Waals surface area contributed by atoms with E-state index in [0.717, 1.165) is 11.4 Å². The van der Waals surface area contributed by atoms with Gasteiger partial charge in [0.05, 0.1) is 19.0 Å². The molecule has 25 heavy (non-hydrogen) atoms. The fourth-order valence-electron chi connectivity index (χ4n) is 2.14. The predicted molar refractivity (Wildman–Crippen MR) is 87.1 cm³/mol. The molecule has 0 atom stereocenters. The lowest BCUT2D eigenvalue weighted by atomic mass is 10.2. The molecule has 0 bridgehead atoms. The molecule has 1 N–H and O–H groups in total. The average molecular weight is 352 g/mol. The number of hydrogen-bond acceptors (Lipinski definition) is 5. The quantitative estimate of drug-likeness (QED) is 0.612. The van der Waals surface area contributed by atoms with Crippen LogP contribution in [0, 0.1) is 13.8 Å². The molecule has 0 saturated heterocycles. The Morgan fingerprint density at radius 2 is 2.12 bits per heavy atom. The van der Waals surface area contributed by atoms with Crippen molar-refractivity contribution in [3.8, 4) is 11.5 Å². The van der Waals surface area contributed by atoms with E-state index in [1.165, 1.54) is 31.5 Å². The number of amides is 1. The van der Waals surface area contributed by atoms with Crippen molar-refractivity contribution in [2.45, 2.75) is 27.0 Å². The number of aromatic nitrogens is 2. The van der Waals surface area contributed by atoms with E-state index in [1.807, 2.05) is 19.9 Å². The summed E-state index contributed by atoms with van der Waals surface area (Å²) in [5.41, 5.74) is 4.62. The first-order valence-electron chi connectivity index (χ1n) is 7.35. The largest absolute Gasteiger partial charge is 0.493 e. The Morgan fingerprint density at radius 1 is 1.36 bits per heavy atom. The number of hydrogen-bond donors (Lipinski definition) is 1. The molecule has 1 aromatic heterocycles. The van der Waals surface area contributed by atoms with Crippen LogP contribution in [0.15, 0.2) is 29.4 Å². The van der Waals surface area contributed by atoms with Crippen LogP contribution in [0.3, 0.4) is 0 Å². The molecule has 7 nitrogen and oxygen atoms in total. The fraction of sp³-hybridized carbons (Fsp3) is 0.312. The van der Waals surface area contributed by atoms with Gasteiger partial charge in [0.1, 0.15) is 6.54 Å². The Balaban J connectivity index is 1.97. The summed E-state index contributed by atoms with van der Waals surface area (Å²) in [5.74, 6) is -0.284. The SMILES string of the molecule is COc1cc(/C=N/NC(=O)Cn2nc(C)cc2C)ccc1OC(F)F. The normalized spacial score (nSPS) is 11.1. The van der Waals surface area contributed by atoms with Gasteiger partial charge < -0.3 is 9.47 Å². The molecule has 134 valence electrons. The molecule has 0 fully saturated rings. The maximum atomic E-state index is 12.3. The number of benzene rings is 1. The third kappa shape index (κ3) is 5.27. The highest BCUT2D eigenvalue weighted by atomic mass is 19.3. The number of rotatable bonds is 7. The van der Waals surface area contributed by atoms with Gasteiger partial charge in [0.15, 0.2) is 11.5 Å². The Morgan fingerprint density at radius 3 is 2.72 bits per heavy atom. The van der Waals surface area contributed by atoms with Crippen LogP contribution >= 0.6 is 0 Å². The van der Waals surface area contributed by atoms with Gasteiger partial charge in [-0.25, -0.2) is 5.43 Å². The van der Waals surface area contributed by atoms with E-state index in [9.17, 15) is 13.6 Å². The van der Waals surface area contributed by atoms with Gasteiger partial charge in [-0.15, -0.1) is 0 Å². The van der Waals surface area contributed by atoms with Crippen LogP contribution in [0.5, 0.6) is 11.5 Å². The topological polar surface area (TPSA) is 77.7 Å². The first-order chi connectivity index (χ1) is 11.9. The highest BCUT2D eigenvalue weighted by molar-refractivity contribution is 5.83. The summed E-state index contributed by atoms with van der Waals surface area (Å²) >= 11 is 0. The van der Waals surface area contributed by atoms with E-state index in [2.05, 4.69) is 20.4 Å². The minimum Gasteiger partial charge on any atom is -0.493 e. The lowest BCUT2D eigenvalue weighted by Crippen LogP contribution is -2.24. The van der Waals surface area contributed by atoms with Crippen LogP contribution in [0.4, 0.5) is 8.78 Å².